The Kier molecular flexibility index (Phi) is 5.56. The molecule has 1 aliphatic heterocycles. The lowest BCUT2D eigenvalue weighted by Gasteiger charge is -2.09. The van der Waals surface area contributed by atoms with Gasteiger partial charge < -0.3 is 9.47 Å². The van der Waals surface area contributed by atoms with E-state index < -0.39 is 9.84 Å². The van der Waals surface area contributed by atoms with Crippen LogP contribution in [0.15, 0.2) is 0 Å². The fraction of sp³-hybridized carbons (Fsp3) is 1.00. The molecule has 0 aromatic carbocycles. The van der Waals surface area contributed by atoms with E-state index in [9.17, 15) is 8.42 Å². The lowest BCUT2D eigenvalue weighted by atomic mass is 10.3. The lowest BCUT2D eigenvalue weighted by Crippen LogP contribution is -2.17. The Morgan fingerprint density at radius 3 is 2.67 bits per heavy atom. The maximum atomic E-state index is 11.1. The summed E-state index contributed by atoms with van der Waals surface area (Å²) in [6, 6.07) is 0. The van der Waals surface area contributed by atoms with Crippen LogP contribution >= 0.6 is 0 Å². The van der Waals surface area contributed by atoms with Crippen LogP contribution in [-0.2, 0) is 19.3 Å². The number of hydrogen-bond donors (Lipinski definition) is 0. The Morgan fingerprint density at radius 2 is 2.07 bits per heavy atom. The summed E-state index contributed by atoms with van der Waals surface area (Å²) in [7, 11) is -2.81. The molecule has 0 N–H and O–H groups in total. The first-order chi connectivity index (χ1) is 7.14. The number of sulfone groups is 1. The van der Waals surface area contributed by atoms with E-state index in [0.29, 0.717) is 19.6 Å². The third kappa shape index (κ3) is 5.49. The Morgan fingerprint density at radius 1 is 1.27 bits per heavy atom. The molecule has 15 heavy (non-hydrogen) atoms. The predicted molar refractivity (Wildman–Crippen MR) is 58.7 cm³/mol. The highest BCUT2D eigenvalue weighted by Crippen LogP contribution is 2.14. The van der Waals surface area contributed by atoms with Gasteiger partial charge in [-0.15, -0.1) is 0 Å². The van der Waals surface area contributed by atoms with Crippen molar-refractivity contribution in [3.05, 3.63) is 0 Å². The second-order valence-corrected chi connectivity index (χ2v) is 6.09. The summed E-state index contributed by atoms with van der Waals surface area (Å²) in [5, 5.41) is 0. The summed E-state index contributed by atoms with van der Waals surface area (Å²) in [5.74, 6) is 0.455. The van der Waals surface area contributed by atoms with Gasteiger partial charge in [0.1, 0.15) is 0 Å². The van der Waals surface area contributed by atoms with Gasteiger partial charge in [-0.3, -0.25) is 0 Å². The molecule has 0 aliphatic carbocycles. The van der Waals surface area contributed by atoms with Crippen molar-refractivity contribution in [3.8, 4) is 0 Å². The van der Waals surface area contributed by atoms with Gasteiger partial charge in [0.25, 0.3) is 0 Å². The van der Waals surface area contributed by atoms with E-state index in [4.69, 9.17) is 9.47 Å². The SMILES string of the molecule is CCCCOCCOC1CCS(=O)(=O)C1. The van der Waals surface area contributed by atoms with Crippen molar-refractivity contribution in [2.24, 2.45) is 0 Å². The van der Waals surface area contributed by atoms with Crippen LogP contribution < -0.4 is 0 Å². The van der Waals surface area contributed by atoms with E-state index in [2.05, 4.69) is 6.92 Å². The molecule has 1 fully saturated rings. The van der Waals surface area contributed by atoms with Crippen LogP contribution in [0, 0.1) is 0 Å². The summed E-state index contributed by atoms with van der Waals surface area (Å²) < 4.78 is 32.9. The van der Waals surface area contributed by atoms with E-state index in [-0.39, 0.29) is 17.6 Å². The molecule has 1 heterocycles. The molecule has 0 saturated carbocycles. The molecule has 4 nitrogen and oxygen atoms in total. The van der Waals surface area contributed by atoms with Gasteiger partial charge in [0.05, 0.1) is 30.8 Å². The minimum absolute atomic E-state index is 0.107. The van der Waals surface area contributed by atoms with Gasteiger partial charge in [-0.25, -0.2) is 8.42 Å². The topological polar surface area (TPSA) is 52.6 Å². The first-order valence-electron chi connectivity index (χ1n) is 5.54. The second-order valence-electron chi connectivity index (χ2n) is 3.86. The van der Waals surface area contributed by atoms with E-state index >= 15 is 0 Å². The summed E-state index contributed by atoms with van der Waals surface area (Å²) in [6.07, 6.45) is 2.72. The zero-order chi connectivity index (χ0) is 11.1. The van der Waals surface area contributed by atoms with Crippen molar-refractivity contribution in [2.45, 2.75) is 32.3 Å². The maximum Gasteiger partial charge on any atom is 0.152 e. The quantitative estimate of drug-likeness (QED) is 0.619. The summed E-state index contributed by atoms with van der Waals surface area (Å²) in [4.78, 5) is 0. The van der Waals surface area contributed by atoms with Gasteiger partial charge in [0.15, 0.2) is 9.84 Å². The Balaban J connectivity index is 1.97. The minimum Gasteiger partial charge on any atom is -0.379 e. The van der Waals surface area contributed by atoms with Gasteiger partial charge in [-0.05, 0) is 12.8 Å². The van der Waals surface area contributed by atoms with E-state index in [0.717, 1.165) is 19.4 Å². The molecule has 0 bridgehead atoms. The standard InChI is InChI=1S/C10H20O4S/c1-2-3-5-13-6-7-14-10-4-8-15(11,12)9-10/h10H,2-9H2,1H3. The molecule has 1 atom stereocenters. The number of hydrogen-bond acceptors (Lipinski definition) is 4. The molecule has 0 radical (unpaired) electrons. The molecule has 1 rings (SSSR count). The first-order valence-corrected chi connectivity index (χ1v) is 7.36. The Labute approximate surface area is 91.9 Å². The van der Waals surface area contributed by atoms with Crippen LogP contribution in [0.1, 0.15) is 26.2 Å². The van der Waals surface area contributed by atoms with Gasteiger partial charge in [-0.1, -0.05) is 13.3 Å². The molecule has 0 aromatic heterocycles. The van der Waals surface area contributed by atoms with Gasteiger partial charge in [0.2, 0.25) is 0 Å². The third-order valence-electron chi connectivity index (χ3n) is 2.41. The van der Waals surface area contributed by atoms with Crippen LogP contribution in [0.5, 0.6) is 0 Å². The molecular formula is C10H20O4S. The number of rotatable bonds is 7. The van der Waals surface area contributed by atoms with Crippen molar-refractivity contribution in [1.29, 1.82) is 0 Å². The highest BCUT2D eigenvalue weighted by molar-refractivity contribution is 7.91. The molecule has 0 amide bonds. The van der Waals surface area contributed by atoms with Crippen LogP contribution in [0.25, 0.3) is 0 Å². The summed E-state index contributed by atoms with van der Waals surface area (Å²) in [5.41, 5.74) is 0. The van der Waals surface area contributed by atoms with Crippen molar-refractivity contribution in [1.82, 2.24) is 0 Å². The van der Waals surface area contributed by atoms with Crippen molar-refractivity contribution >= 4 is 9.84 Å². The molecular weight excluding hydrogens is 216 g/mol. The van der Waals surface area contributed by atoms with E-state index in [1.807, 2.05) is 0 Å². The molecule has 1 saturated heterocycles. The van der Waals surface area contributed by atoms with E-state index in [1.54, 1.807) is 0 Å². The molecule has 0 aromatic rings. The van der Waals surface area contributed by atoms with Crippen LogP contribution in [-0.4, -0.2) is 45.8 Å². The maximum absolute atomic E-state index is 11.1. The second kappa shape index (κ2) is 6.45. The monoisotopic (exact) mass is 236 g/mol. The summed E-state index contributed by atoms with van der Waals surface area (Å²) in [6.45, 7) is 3.95. The van der Waals surface area contributed by atoms with E-state index in [1.165, 1.54) is 0 Å². The van der Waals surface area contributed by atoms with Crippen molar-refractivity contribution in [2.75, 3.05) is 31.3 Å². The number of unbranched alkanes of at least 4 members (excludes halogenated alkanes) is 1. The van der Waals surface area contributed by atoms with Gasteiger partial charge >= 0.3 is 0 Å². The van der Waals surface area contributed by atoms with Gasteiger partial charge in [-0.2, -0.15) is 0 Å². The summed E-state index contributed by atoms with van der Waals surface area (Å²) >= 11 is 0. The largest absolute Gasteiger partial charge is 0.379 e. The average molecular weight is 236 g/mol. The highest BCUT2D eigenvalue weighted by Gasteiger charge is 2.28. The van der Waals surface area contributed by atoms with Crippen molar-refractivity contribution < 1.29 is 17.9 Å². The zero-order valence-corrected chi connectivity index (χ0v) is 10.1. The van der Waals surface area contributed by atoms with Gasteiger partial charge in [0, 0.05) is 6.61 Å². The zero-order valence-electron chi connectivity index (χ0n) is 9.28. The Bertz CT molecular complexity index is 261. The molecule has 90 valence electrons. The average Bonchev–Trinajstić information content (AvgIpc) is 2.52. The molecule has 0 spiro atoms. The molecule has 1 unspecified atom stereocenters. The van der Waals surface area contributed by atoms with Crippen molar-refractivity contribution in [3.63, 3.8) is 0 Å². The lowest BCUT2D eigenvalue weighted by molar-refractivity contribution is 0.0147. The highest BCUT2D eigenvalue weighted by atomic mass is 32.2. The fourth-order valence-electron chi connectivity index (χ4n) is 1.51. The normalized spacial score (nSPS) is 24.5. The third-order valence-corrected chi connectivity index (χ3v) is 4.15. The molecule has 1 aliphatic rings. The predicted octanol–water partition coefficient (Wildman–Crippen LogP) is 1.01. The fourth-order valence-corrected chi connectivity index (χ4v) is 3.13. The minimum atomic E-state index is -2.81. The number of ether oxygens (including phenoxy) is 2. The Hall–Kier alpha value is -0.130. The smallest absolute Gasteiger partial charge is 0.152 e. The molecule has 5 heteroatoms. The van der Waals surface area contributed by atoms with Crippen LogP contribution in [0.2, 0.25) is 0 Å². The van der Waals surface area contributed by atoms with Crippen LogP contribution in [0.3, 0.4) is 0 Å². The van der Waals surface area contributed by atoms with Crippen LogP contribution in [0.4, 0.5) is 0 Å². The first kappa shape index (κ1) is 12.9.